The van der Waals surface area contributed by atoms with Gasteiger partial charge in [-0.05, 0) is 36.8 Å². The molecule has 0 radical (unpaired) electrons. The van der Waals surface area contributed by atoms with Crippen LogP contribution >= 0.6 is 0 Å². The van der Waals surface area contributed by atoms with Crippen molar-refractivity contribution in [3.63, 3.8) is 0 Å². The van der Waals surface area contributed by atoms with Gasteiger partial charge >= 0.3 is 0 Å². The fraction of sp³-hybridized carbons (Fsp3) is 0.263. The lowest BCUT2D eigenvalue weighted by Gasteiger charge is -2.23. The minimum atomic E-state index is -0.357. The molecule has 0 aliphatic carbocycles. The van der Waals surface area contributed by atoms with Gasteiger partial charge in [0.05, 0.1) is 12.5 Å². The minimum absolute atomic E-state index is 0.148. The van der Waals surface area contributed by atoms with Gasteiger partial charge in [0.15, 0.2) is 0 Å². The third-order valence-electron chi connectivity index (χ3n) is 3.74. The van der Waals surface area contributed by atoms with Crippen molar-refractivity contribution in [2.75, 3.05) is 7.05 Å². The molecule has 0 aromatic heterocycles. The Morgan fingerprint density at radius 2 is 2.04 bits per heavy atom. The normalized spacial score (nSPS) is 11.4. The Morgan fingerprint density at radius 3 is 2.75 bits per heavy atom. The monoisotopic (exact) mass is 326 g/mol. The third-order valence-corrected chi connectivity index (χ3v) is 3.74. The Balaban J connectivity index is 2.05. The zero-order valence-corrected chi connectivity index (χ0v) is 13.7. The van der Waals surface area contributed by atoms with E-state index in [9.17, 15) is 9.18 Å². The van der Waals surface area contributed by atoms with Crippen LogP contribution in [-0.4, -0.2) is 23.9 Å². The Bertz CT molecular complexity index is 755. The van der Waals surface area contributed by atoms with Gasteiger partial charge in [0.25, 0.3) is 5.91 Å². The van der Waals surface area contributed by atoms with Crippen molar-refractivity contribution in [3.05, 3.63) is 65.5 Å². The van der Waals surface area contributed by atoms with Crippen LogP contribution in [0.2, 0.25) is 0 Å². The number of halogens is 1. The average Bonchev–Trinajstić information content (AvgIpc) is 2.59. The number of rotatable bonds is 6. The van der Waals surface area contributed by atoms with E-state index < -0.39 is 0 Å². The van der Waals surface area contributed by atoms with Gasteiger partial charge in [-0.3, -0.25) is 4.79 Å². The highest BCUT2D eigenvalue weighted by Gasteiger charge is 2.17. The Morgan fingerprint density at radius 1 is 1.29 bits per heavy atom. The van der Waals surface area contributed by atoms with E-state index in [0.717, 1.165) is 5.56 Å². The maximum atomic E-state index is 13.1. The lowest BCUT2D eigenvalue weighted by molar-refractivity contribution is 0.0746. The zero-order chi connectivity index (χ0) is 17.5. The van der Waals surface area contributed by atoms with Crippen molar-refractivity contribution in [1.82, 2.24) is 4.90 Å². The van der Waals surface area contributed by atoms with Gasteiger partial charge in [0.1, 0.15) is 18.2 Å². The van der Waals surface area contributed by atoms with Gasteiger partial charge in [0, 0.05) is 24.7 Å². The summed E-state index contributed by atoms with van der Waals surface area (Å²) in [6.07, 6.45) is 0.282. The summed E-state index contributed by atoms with van der Waals surface area (Å²) in [6, 6.07) is 14.9. The molecule has 2 rings (SSSR count). The number of ether oxygens (including phenoxy) is 1. The molecule has 24 heavy (non-hydrogen) atoms. The van der Waals surface area contributed by atoms with E-state index in [1.54, 1.807) is 42.3 Å². The number of carbonyl (C=O) groups excluding carboxylic acids is 1. The number of nitriles is 1. The first-order chi connectivity index (χ1) is 11.5. The molecule has 0 saturated heterocycles. The van der Waals surface area contributed by atoms with E-state index in [1.807, 2.05) is 13.0 Å². The SMILES string of the molecule is C[C@@H](CC#N)N(C)C(=O)c1cccc(COc2cccc(F)c2)c1. The number of amides is 1. The first-order valence-electron chi connectivity index (χ1n) is 7.62. The number of benzene rings is 2. The summed E-state index contributed by atoms with van der Waals surface area (Å²) in [6.45, 7) is 2.07. The summed E-state index contributed by atoms with van der Waals surface area (Å²) >= 11 is 0. The van der Waals surface area contributed by atoms with Crippen LogP contribution in [0.4, 0.5) is 4.39 Å². The summed E-state index contributed by atoms with van der Waals surface area (Å²) in [5.41, 5.74) is 1.34. The van der Waals surface area contributed by atoms with Crippen molar-refractivity contribution < 1.29 is 13.9 Å². The quantitative estimate of drug-likeness (QED) is 0.812. The van der Waals surface area contributed by atoms with Crippen LogP contribution in [0, 0.1) is 17.1 Å². The van der Waals surface area contributed by atoms with Gasteiger partial charge in [-0.2, -0.15) is 5.26 Å². The van der Waals surface area contributed by atoms with Crippen molar-refractivity contribution in [3.8, 4) is 11.8 Å². The molecule has 0 spiro atoms. The second-order valence-corrected chi connectivity index (χ2v) is 5.57. The maximum Gasteiger partial charge on any atom is 0.253 e. The molecule has 4 nitrogen and oxygen atoms in total. The van der Waals surface area contributed by atoms with Gasteiger partial charge in [-0.15, -0.1) is 0 Å². The molecule has 0 unspecified atom stereocenters. The largest absolute Gasteiger partial charge is 0.489 e. The zero-order valence-electron chi connectivity index (χ0n) is 13.7. The molecule has 5 heteroatoms. The van der Waals surface area contributed by atoms with Gasteiger partial charge < -0.3 is 9.64 Å². The topological polar surface area (TPSA) is 53.3 Å². The number of carbonyl (C=O) groups is 1. The van der Waals surface area contributed by atoms with E-state index in [2.05, 4.69) is 6.07 Å². The van der Waals surface area contributed by atoms with E-state index >= 15 is 0 Å². The van der Waals surface area contributed by atoms with Gasteiger partial charge in [-0.25, -0.2) is 4.39 Å². The third kappa shape index (κ3) is 4.56. The average molecular weight is 326 g/mol. The number of nitrogens with zero attached hydrogens (tertiary/aromatic N) is 2. The van der Waals surface area contributed by atoms with E-state index in [4.69, 9.17) is 10.00 Å². The van der Waals surface area contributed by atoms with Crippen molar-refractivity contribution >= 4 is 5.91 Å². The maximum absolute atomic E-state index is 13.1. The van der Waals surface area contributed by atoms with Crippen molar-refractivity contribution in [2.45, 2.75) is 26.0 Å². The molecular weight excluding hydrogens is 307 g/mol. The lowest BCUT2D eigenvalue weighted by Crippen LogP contribution is -2.34. The van der Waals surface area contributed by atoms with Crippen molar-refractivity contribution in [1.29, 1.82) is 5.26 Å². The molecule has 0 aliphatic rings. The Labute approximate surface area is 141 Å². The molecule has 2 aromatic carbocycles. The van der Waals surface area contributed by atoms with E-state index in [0.29, 0.717) is 11.3 Å². The standard InChI is InChI=1S/C19H19FN2O2/c1-14(9-10-21)22(2)19(23)16-6-3-5-15(11-16)13-24-18-8-4-7-17(20)12-18/h3-8,11-12,14H,9,13H2,1-2H3/t14-/m0/s1. The molecule has 0 saturated carbocycles. The van der Waals surface area contributed by atoms with Crippen LogP contribution in [0.1, 0.15) is 29.3 Å². The summed E-state index contributed by atoms with van der Waals surface area (Å²) in [5.74, 6) is -0.0682. The van der Waals surface area contributed by atoms with Crippen LogP contribution in [-0.2, 0) is 6.61 Å². The molecule has 0 bridgehead atoms. The highest BCUT2D eigenvalue weighted by Crippen LogP contribution is 2.16. The molecule has 124 valence electrons. The highest BCUT2D eigenvalue weighted by atomic mass is 19.1. The molecular formula is C19H19FN2O2. The second kappa shape index (κ2) is 8.11. The van der Waals surface area contributed by atoms with Gasteiger partial charge in [-0.1, -0.05) is 18.2 Å². The number of hydrogen-bond acceptors (Lipinski definition) is 3. The molecule has 1 atom stereocenters. The van der Waals surface area contributed by atoms with Crippen molar-refractivity contribution in [2.24, 2.45) is 0 Å². The van der Waals surface area contributed by atoms with Gasteiger partial charge in [0.2, 0.25) is 0 Å². The highest BCUT2D eigenvalue weighted by molar-refractivity contribution is 5.94. The molecule has 1 amide bonds. The molecule has 0 N–H and O–H groups in total. The first-order valence-corrected chi connectivity index (χ1v) is 7.62. The molecule has 0 aliphatic heterocycles. The van der Waals surface area contributed by atoms with E-state index in [1.165, 1.54) is 12.1 Å². The van der Waals surface area contributed by atoms with Crippen LogP contribution in [0.15, 0.2) is 48.5 Å². The molecule has 0 fully saturated rings. The minimum Gasteiger partial charge on any atom is -0.489 e. The fourth-order valence-corrected chi connectivity index (χ4v) is 2.19. The summed E-state index contributed by atoms with van der Waals surface area (Å²) in [4.78, 5) is 14.0. The first kappa shape index (κ1) is 17.5. The molecule has 0 heterocycles. The summed E-state index contributed by atoms with van der Waals surface area (Å²) in [5, 5.41) is 8.75. The Kier molecular flexibility index (Phi) is 5.91. The van der Waals surface area contributed by atoms with Crippen LogP contribution < -0.4 is 4.74 Å². The van der Waals surface area contributed by atoms with Crippen LogP contribution in [0.25, 0.3) is 0 Å². The van der Waals surface area contributed by atoms with E-state index in [-0.39, 0.29) is 30.8 Å². The summed E-state index contributed by atoms with van der Waals surface area (Å²) < 4.78 is 18.7. The predicted octanol–water partition coefficient (Wildman–Crippen LogP) is 3.78. The summed E-state index contributed by atoms with van der Waals surface area (Å²) in [7, 11) is 1.68. The van der Waals surface area contributed by atoms with Crippen LogP contribution in [0.5, 0.6) is 5.75 Å². The van der Waals surface area contributed by atoms with Crippen LogP contribution in [0.3, 0.4) is 0 Å². The lowest BCUT2D eigenvalue weighted by atomic mass is 10.1. The Hall–Kier alpha value is -2.87. The predicted molar refractivity (Wildman–Crippen MR) is 89.0 cm³/mol. The fourth-order valence-electron chi connectivity index (χ4n) is 2.19. The number of hydrogen-bond donors (Lipinski definition) is 0. The molecule has 2 aromatic rings. The smallest absolute Gasteiger partial charge is 0.253 e. The second-order valence-electron chi connectivity index (χ2n) is 5.57.